The predicted octanol–water partition coefficient (Wildman–Crippen LogP) is 3.59. The molecule has 2 aromatic carbocycles. The number of carbonyl (C=O) groups excluding carboxylic acids is 2. The molecule has 3 aromatic rings. The number of carbonyl (C=O) groups is 2. The van der Waals surface area contributed by atoms with Crippen molar-refractivity contribution in [1.29, 1.82) is 0 Å². The standard InChI is InChI=1S/C22H21ClN4O3/c1-30-19-7-5-18(6-8-19)26-14-16(12-21(26)28)22(29)25-20-9-10-24-27(20)13-15-3-2-4-17(23)11-15/h2-11,16H,12-14H2,1H3,(H,25,29)/t16-/m0/s1. The molecule has 1 atom stereocenters. The van der Waals surface area contributed by atoms with Gasteiger partial charge in [-0.25, -0.2) is 4.68 Å². The lowest BCUT2D eigenvalue weighted by Crippen LogP contribution is -2.28. The minimum absolute atomic E-state index is 0.0762. The second-order valence-corrected chi connectivity index (χ2v) is 7.53. The number of benzene rings is 2. The quantitative estimate of drug-likeness (QED) is 0.656. The van der Waals surface area contributed by atoms with Gasteiger partial charge >= 0.3 is 0 Å². The molecule has 154 valence electrons. The Hall–Kier alpha value is -3.32. The van der Waals surface area contributed by atoms with Crippen LogP contribution >= 0.6 is 11.6 Å². The van der Waals surface area contributed by atoms with E-state index in [1.54, 1.807) is 41.1 Å². The van der Waals surface area contributed by atoms with Gasteiger partial charge in [0.2, 0.25) is 11.8 Å². The van der Waals surface area contributed by atoms with Crippen LogP contribution in [0.2, 0.25) is 5.02 Å². The molecule has 4 rings (SSSR count). The van der Waals surface area contributed by atoms with E-state index in [1.165, 1.54) is 0 Å². The first-order valence-electron chi connectivity index (χ1n) is 9.55. The molecule has 0 aliphatic carbocycles. The summed E-state index contributed by atoms with van der Waals surface area (Å²) in [4.78, 5) is 26.9. The van der Waals surface area contributed by atoms with Crippen molar-refractivity contribution in [1.82, 2.24) is 9.78 Å². The summed E-state index contributed by atoms with van der Waals surface area (Å²) in [6.07, 6.45) is 1.80. The number of methoxy groups -OCH3 is 1. The third-order valence-electron chi connectivity index (χ3n) is 5.07. The number of amides is 2. The first kappa shape index (κ1) is 20.0. The largest absolute Gasteiger partial charge is 0.497 e. The number of halogens is 1. The summed E-state index contributed by atoms with van der Waals surface area (Å²) in [7, 11) is 1.59. The molecule has 30 heavy (non-hydrogen) atoms. The number of rotatable bonds is 6. The smallest absolute Gasteiger partial charge is 0.230 e. The summed E-state index contributed by atoms with van der Waals surface area (Å²) in [5, 5.41) is 7.84. The van der Waals surface area contributed by atoms with E-state index < -0.39 is 5.92 Å². The van der Waals surface area contributed by atoms with Gasteiger partial charge in [0.1, 0.15) is 11.6 Å². The molecule has 0 radical (unpaired) electrons. The molecule has 1 fully saturated rings. The van der Waals surface area contributed by atoms with Gasteiger partial charge in [0.25, 0.3) is 0 Å². The van der Waals surface area contributed by atoms with E-state index in [4.69, 9.17) is 16.3 Å². The monoisotopic (exact) mass is 424 g/mol. The van der Waals surface area contributed by atoms with Crippen LogP contribution in [0.5, 0.6) is 5.75 Å². The maximum absolute atomic E-state index is 12.8. The Labute approximate surface area is 179 Å². The molecule has 0 spiro atoms. The van der Waals surface area contributed by atoms with E-state index in [2.05, 4.69) is 10.4 Å². The summed E-state index contributed by atoms with van der Waals surface area (Å²) < 4.78 is 6.85. The van der Waals surface area contributed by atoms with Gasteiger partial charge in [0.05, 0.1) is 25.8 Å². The third kappa shape index (κ3) is 4.31. The number of hydrogen-bond acceptors (Lipinski definition) is 4. The summed E-state index contributed by atoms with van der Waals surface area (Å²) in [6, 6.07) is 16.4. The number of aromatic nitrogens is 2. The Kier molecular flexibility index (Phi) is 5.72. The highest BCUT2D eigenvalue weighted by atomic mass is 35.5. The molecule has 2 amide bonds. The molecule has 7 nitrogen and oxygen atoms in total. The molecular weight excluding hydrogens is 404 g/mol. The average Bonchev–Trinajstić information content (AvgIpc) is 3.34. The molecule has 2 heterocycles. The maximum Gasteiger partial charge on any atom is 0.230 e. The highest BCUT2D eigenvalue weighted by Crippen LogP contribution is 2.27. The molecule has 1 aromatic heterocycles. The third-order valence-corrected chi connectivity index (χ3v) is 5.30. The van der Waals surface area contributed by atoms with Gasteiger partial charge in [0.15, 0.2) is 0 Å². The van der Waals surface area contributed by atoms with Gasteiger partial charge in [-0.15, -0.1) is 0 Å². The average molecular weight is 425 g/mol. The first-order valence-corrected chi connectivity index (χ1v) is 9.93. The van der Waals surface area contributed by atoms with Crippen LogP contribution in [0.15, 0.2) is 60.8 Å². The van der Waals surface area contributed by atoms with Crippen molar-refractivity contribution in [3.63, 3.8) is 0 Å². The lowest BCUT2D eigenvalue weighted by molar-refractivity contribution is -0.122. The van der Waals surface area contributed by atoms with Crippen molar-refractivity contribution in [3.05, 3.63) is 71.4 Å². The van der Waals surface area contributed by atoms with Gasteiger partial charge in [0, 0.05) is 29.7 Å². The highest BCUT2D eigenvalue weighted by Gasteiger charge is 2.35. The van der Waals surface area contributed by atoms with Gasteiger partial charge in [-0.1, -0.05) is 23.7 Å². The fourth-order valence-corrected chi connectivity index (χ4v) is 3.71. The van der Waals surface area contributed by atoms with Crippen LogP contribution in [0.3, 0.4) is 0 Å². The van der Waals surface area contributed by atoms with Crippen LogP contribution < -0.4 is 15.0 Å². The van der Waals surface area contributed by atoms with Gasteiger partial charge in [-0.05, 0) is 42.0 Å². The SMILES string of the molecule is COc1ccc(N2C[C@@H](C(=O)Nc3ccnn3Cc3cccc(Cl)c3)CC2=O)cc1. The van der Waals surface area contributed by atoms with Crippen molar-refractivity contribution >= 4 is 34.9 Å². The minimum Gasteiger partial charge on any atom is -0.497 e. The first-order chi connectivity index (χ1) is 14.5. The fourth-order valence-electron chi connectivity index (χ4n) is 3.50. The number of nitrogens with zero attached hydrogens (tertiary/aromatic N) is 3. The van der Waals surface area contributed by atoms with E-state index in [0.29, 0.717) is 29.7 Å². The van der Waals surface area contributed by atoms with Crippen LogP contribution in [0.25, 0.3) is 0 Å². The zero-order chi connectivity index (χ0) is 21.1. The Morgan fingerprint density at radius 3 is 2.77 bits per heavy atom. The van der Waals surface area contributed by atoms with E-state index in [0.717, 1.165) is 11.3 Å². The second kappa shape index (κ2) is 8.59. The number of ether oxygens (including phenoxy) is 1. The molecule has 1 aliphatic rings. The predicted molar refractivity (Wildman–Crippen MR) is 115 cm³/mol. The molecule has 0 bridgehead atoms. The van der Waals surface area contributed by atoms with Gasteiger partial charge in [-0.2, -0.15) is 5.10 Å². The molecule has 1 N–H and O–H groups in total. The summed E-state index contributed by atoms with van der Waals surface area (Å²) >= 11 is 6.05. The molecule has 0 saturated carbocycles. The zero-order valence-corrected chi connectivity index (χ0v) is 17.2. The van der Waals surface area contributed by atoms with Crippen molar-refractivity contribution in [2.45, 2.75) is 13.0 Å². The fraction of sp³-hybridized carbons (Fsp3) is 0.227. The lowest BCUT2D eigenvalue weighted by Gasteiger charge is -2.17. The molecular formula is C22H21ClN4O3. The van der Waals surface area contributed by atoms with Crippen LogP contribution in [-0.4, -0.2) is 35.2 Å². The van der Waals surface area contributed by atoms with Gasteiger partial charge < -0.3 is 15.0 Å². The normalized spacial score (nSPS) is 16.0. The van der Waals surface area contributed by atoms with E-state index >= 15 is 0 Å². The topological polar surface area (TPSA) is 76.5 Å². The molecule has 1 aliphatic heterocycles. The van der Waals surface area contributed by atoms with Crippen molar-refractivity contribution in [2.75, 3.05) is 23.9 Å². The van der Waals surface area contributed by atoms with Crippen molar-refractivity contribution < 1.29 is 14.3 Å². The van der Waals surface area contributed by atoms with Crippen LogP contribution in [-0.2, 0) is 16.1 Å². The molecule has 0 unspecified atom stereocenters. The lowest BCUT2D eigenvalue weighted by atomic mass is 10.1. The molecule has 1 saturated heterocycles. The van der Waals surface area contributed by atoms with Crippen LogP contribution in [0.4, 0.5) is 11.5 Å². The Morgan fingerprint density at radius 2 is 2.03 bits per heavy atom. The van der Waals surface area contributed by atoms with E-state index in [1.807, 2.05) is 36.4 Å². The summed E-state index contributed by atoms with van der Waals surface area (Å²) in [5.41, 5.74) is 1.73. The van der Waals surface area contributed by atoms with E-state index in [9.17, 15) is 9.59 Å². The molecule has 8 heteroatoms. The maximum atomic E-state index is 12.8. The van der Waals surface area contributed by atoms with Crippen molar-refractivity contribution in [2.24, 2.45) is 5.92 Å². The highest BCUT2D eigenvalue weighted by molar-refractivity contribution is 6.30. The van der Waals surface area contributed by atoms with E-state index in [-0.39, 0.29) is 18.2 Å². The Balaban J connectivity index is 1.42. The Bertz CT molecular complexity index is 1060. The second-order valence-electron chi connectivity index (χ2n) is 7.10. The van der Waals surface area contributed by atoms with Crippen molar-refractivity contribution in [3.8, 4) is 5.75 Å². The number of nitrogens with one attached hydrogen (secondary N) is 1. The summed E-state index contributed by atoms with van der Waals surface area (Å²) in [5.74, 6) is 0.581. The van der Waals surface area contributed by atoms with Crippen LogP contribution in [0.1, 0.15) is 12.0 Å². The minimum atomic E-state index is -0.436. The van der Waals surface area contributed by atoms with Crippen LogP contribution in [0, 0.1) is 5.92 Å². The number of anilines is 2. The Morgan fingerprint density at radius 1 is 1.23 bits per heavy atom. The zero-order valence-electron chi connectivity index (χ0n) is 16.4. The summed E-state index contributed by atoms with van der Waals surface area (Å²) in [6.45, 7) is 0.810. The number of hydrogen-bond donors (Lipinski definition) is 1. The van der Waals surface area contributed by atoms with Gasteiger partial charge in [-0.3, -0.25) is 9.59 Å².